The predicted molar refractivity (Wildman–Crippen MR) is 84.3 cm³/mol. The van der Waals surface area contributed by atoms with E-state index in [1.165, 1.54) is 0 Å². The maximum absolute atomic E-state index is 12.1. The lowest BCUT2D eigenvalue weighted by atomic mass is 10.2. The van der Waals surface area contributed by atoms with Crippen LogP contribution in [0.15, 0.2) is 18.2 Å². The second kappa shape index (κ2) is 7.31. The number of halogens is 2. The molecule has 0 unspecified atom stereocenters. The van der Waals surface area contributed by atoms with Crippen molar-refractivity contribution in [3.05, 3.63) is 32.4 Å². The fourth-order valence-corrected chi connectivity index (χ4v) is 2.09. The van der Waals surface area contributed by atoms with Crippen LogP contribution in [0.5, 0.6) is 0 Å². The maximum atomic E-state index is 12.1. The van der Waals surface area contributed by atoms with Crippen LogP contribution >= 0.6 is 34.2 Å². The quantitative estimate of drug-likeness (QED) is 0.733. The molecule has 0 N–H and O–H groups in total. The molecule has 1 rings (SSSR count). The van der Waals surface area contributed by atoms with Crippen LogP contribution in [0, 0.1) is 3.57 Å². The molecule has 0 aliphatic heterocycles. The van der Waals surface area contributed by atoms with Crippen LogP contribution in [0.1, 0.15) is 16.8 Å². The zero-order valence-electron chi connectivity index (χ0n) is 10.9. The van der Waals surface area contributed by atoms with Gasteiger partial charge in [0, 0.05) is 22.7 Å². The van der Waals surface area contributed by atoms with Crippen LogP contribution in [0.3, 0.4) is 0 Å². The van der Waals surface area contributed by atoms with Crippen LogP contribution in [0.25, 0.3) is 0 Å². The highest BCUT2D eigenvalue weighted by Gasteiger charge is 2.12. The van der Waals surface area contributed by atoms with E-state index in [2.05, 4.69) is 27.5 Å². The summed E-state index contributed by atoms with van der Waals surface area (Å²) >= 11 is 8.17. The van der Waals surface area contributed by atoms with Crippen LogP contribution in [0.2, 0.25) is 5.02 Å². The van der Waals surface area contributed by atoms with Crippen molar-refractivity contribution in [2.75, 3.05) is 34.2 Å². The zero-order valence-corrected chi connectivity index (χ0v) is 13.8. The molecule has 0 radical (unpaired) electrons. The van der Waals surface area contributed by atoms with Gasteiger partial charge in [0.05, 0.1) is 5.02 Å². The Labute approximate surface area is 127 Å². The Hall–Kier alpha value is -0.330. The summed E-state index contributed by atoms with van der Waals surface area (Å²) in [4.78, 5) is 16.0. The lowest BCUT2D eigenvalue weighted by Crippen LogP contribution is -2.29. The molecule has 0 saturated heterocycles. The normalized spacial score (nSPS) is 10.8. The molecule has 0 spiro atoms. The van der Waals surface area contributed by atoms with Gasteiger partial charge >= 0.3 is 0 Å². The summed E-state index contributed by atoms with van der Waals surface area (Å²) in [5, 5.41) is 0.628. The molecular formula is C13H18ClIN2O. The average Bonchev–Trinajstić information content (AvgIpc) is 2.31. The fraction of sp³-hybridized carbons (Fsp3) is 0.462. The minimum atomic E-state index is 0.0204. The number of rotatable bonds is 5. The molecule has 0 bridgehead atoms. The van der Waals surface area contributed by atoms with Gasteiger partial charge in [0.1, 0.15) is 0 Å². The Balaban J connectivity index is 2.60. The SMILES string of the molecule is CN(C)CCCN(C)C(=O)c1ccc(I)c(Cl)c1. The molecule has 0 atom stereocenters. The van der Waals surface area contributed by atoms with E-state index in [4.69, 9.17) is 11.6 Å². The van der Waals surface area contributed by atoms with Crippen molar-refractivity contribution < 1.29 is 4.79 Å². The Morgan fingerprint density at radius 3 is 2.50 bits per heavy atom. The minimum Gasteiger partial charge on any atom is -0.342 e. The third-order valence-corrected chi connectivity index (χ3v) is 4.18. The second-order valence-corrected chi connectivity index (χ2v) is 6.08. The fourth-order valence-electron chi connectivity index (χ4n) is 1.58. The monoisotopic (exact) mass is 380 g/mol. The third kappa shape index (κ3) is 4.74. The summed E-state index contributed by atoms with van der Waals surface area (Å²) in [6.45, 7) is 1.73. The molecule has 0 aromatic heterocycles. The van der Waals surface area contributed by atoms with E-state index in [0.29, 0.717) is 10.6 Å². The van der Waals surface area contributed by atoms with Crippen LogP contribution in [0.4, 0.5) is 0 Å². The van der Waals surface area contributed by atoms with Gasteiger partial charge < -0.3 is 9.80 Å². The molecule has 1 aromatic carbocycles. The first-order valence-corrected chi connectivity index (χ1v) is 7.22. The molecule has 0 saturated carbocycles. The Morgan fingerprint density at radius 2 is 1.94 bits per heavy atom. The van der Waals surface area contributed by atoms with E-state index in [1.54, 1.807) is 11.0 Å². The summed E-state index contributed by atoms with van der Waals surface area (Å²) in [5.74, 6) is 0.0204. The summed E-state index contributed by atoms with van der Waals surface area (Å²) in [6.07, 6.45) is 0.966. The highest BCUT2D eigenvalue weighted by atomic mass is 127. The van der Waals surface area contributed by atoms with Gasteiger partial charge in [-0.25, -0.2) is 0 Å². The van der Waals surface area contributed by atoms with E-state index >= 15 is 0 Å². The standard InChI is InChI=1S/C13H18ClIN2O/c1-16(2)7-4-8-17(3)13(18)10-5-6-12(15)11(14)9-10/h5-6,9H,4,7-8H2,1-3H3. The van der Waals surface area contributed by atoms with Crippen molar-refractivity contribution in [3.8, 4) is 0 Å². The van der Waals surface area contributed by atoms with Crippen molar-refractivity contribution in [1.29, 1.82) is 0 Å². The first kappa shape index (κ1) is 15.7. The van der Waals surface area contributed by atoms with E-state index in [0.717, 1.165) is 23.1 Å². The second-order valence-electron chi connectivity index (χ2n) is 4.51. The number of benzene rings is 1. The smallest absolute Gasteiger partial charge is 0.253 e. The average molecular weight is 381 g/mol. The van der Waals surface area contributed by atoms with E-state index < -0.39 is 0 Å². The van der Waals surface area contributed by atoms with Crippen molar-refractivity contribution in [3.63, 3.8) is 0 Å². The number of carbonyl (C=O) groups excluding carboxylic acids is 1. The van der Waals surface area contributed by atoms with Crippen molar-refractivity contribution >= 4 is 40.1 Å². The van der Waals surface area contributed by atoms with E-state index in [9.17, 15) is 4.79 Å². The zero-order chi connectivity index (χ0) is 13.7. The van der Waals surface area contributed by atoms with Gasteiger partial charge in [-0.05, 0) is 67.9 Å². The van der Waals surface area contributed by atoms with E-state index in [-0.39, 0.29) is 5.91 Å². The van der Waals surface area contributed by atoms with Gasteiger partial charge in [0.25, 0.3) is 5.91 Å². The van der Waals surface area contributed by atoms with E-state index in [1.807, 2.05) is 33.3 Å². The summed E-state index contributed by atoms with van der Waals surface area (Å²) in [6, 6.07) is 5.41. The topological polar surface area (TPSA) is 23.6 Å². The lowest BCUT2D eigenvalue weighted by molar-refractivity contribution is 0.0790. The summed E-state index contributed by atoms with van der Waals surface area (Å²) < 4.78 is 0.959. The lowest BCUT2D eigenvalue weighted by Gasteiger charge is -2.18. The molecule has 0 aliphatic carbocycles. The Kier molecular flexibility index (Phi) is 6.38. The largest absolute Gasteiger partial charge is 0.342 e. The van der Waals surface area contributed by atoms with Crippen molar-refractivity contribution in [2.45, 2.75) is 6.42 Å². The molecule has 100 valence electrons. The number of nitrogens with zero attached hydrogens (tertiary/aromatic N) is 2. The maximum Gasteiger partial charge on any atom is 0.253 e. The molecule has 3 nitrogen and oxygen atoms in total. The van der Waals surface area contributed by atoms with Gasteiger partial charge in [-0.2, -0.15) is 0 Å². The Morgan fingerprint density at radius 1 is 1.28 bits per heavy atom. The number of carbonyl (C=O) groups is 1. The molecule has 5 heteroatoms. The van der Waals surface area contributed by atoms with Gasteiger partial charge in [0.15, 0.2) is 0 Å². The molecule has 18 heavy (non-hydrogen) atoms. The third-order valence-electron chi connectivity index (χ3n) is 2.61. The molecule has 1 aromatic rings. The molecule has 1 amide bonds. The van der Waals surface area contributed by atoms with Gasteiger partial charge in [0.2, 0.25) is 0 Å². The van der Waals surface area contributed by atoms with Gasteiger partial charge in [-0.3, -0.25) is 4.79 Å². The summed E-state index contributed by atoms with van der Waals surface area (Å²) in [7, 11) is 5.88. The summed E-state index contributed by atoms with van der Waals surface area (Å²) in [5.41, 5.74) is 0.646. The van der Waals surface area contributed by atoms with Crippen LogP contribution < -0.4 is 0 Å². The predicted octanol–water partition coefficient (Wildman–Crippen LogP) is 2.97. The van der Waals surface area contributed by atoms with Crippen LogP contribution in [-0.4, -0.2) is 49.9 Å². The van der Waals surface area contributed by atoms with Gasteiger partial charge in [-0.1, -0.05) is 11.6 Å². The van der Waals surface area contributed by atoms with Crippen LogP contribution in [-0.2, 0) is 0 Å². The molecule has 0 heterocycles. The highest BCUT2D eigenvalue weighted by molar-refractivity contribution is 14.1. The first-order chi connectivity index (χ1) is 8.41. The highest BCUT2D eigenvalue weighted by Crippen LogP contribution is 2.20. The molecular weight excluding hydrogens is 363 g/mol. The van der Waals surface area contributed by atoms with Crippen molar-refractivity contribution in [1.82, 2.24) is 9.80 Å². The number of hydrogen-bond acceptors (Lipinski definition) is 2. The Bertz CT molecular complexity index is 423. The number of hydrogen-bond donors (Lipinski definition) is 0. The van der Waals surface area contributed by atoms with Gasteiger partial charge in [-0.15, -0.1) is 0 Å². The first-order valence-electron chi connectivity index (χ1n) is 5.77. The van der Waals surface area contributed by atoms with Crippen molar-refractivity contribution in [2.24, 2.45) is 0 Å². The number of amides is 1. The minimum absolute atomic E-state index is 0.0204. The molecule has 0 aliphatic rings. The molecule has 0 fully saturated rings.